The van der Waals surface area contributed by atoms with Crippen molar-refractivity contribution in [3.63, 3.8) is 0 Å². The van der Waals surface area contributed by atoms with Crippen molar-refractivity contribution in [2.45, 2.75) is 33.0 Å². The zero-order valence-corrected chi connectivity index (χ0v) is 15.5. The van der Waals surface area contributed by atoms with Gasteiger partial charge >= 0.3 is 5.97 Å². The second kappa shape index (κ2) is 6.88. The summed E-state index contributed by atoms with van der Waals surface area (Å²) in [7, 11) is 4.02. The van der Waals surface area contributed by atoms with Crippen LogP contribution >= 0.6 is 0 Å². The van der Waals surface area contributed by atoms with E-state index in [1.54, 1.807) is 0 Å². The Kier molecular flexibility index (Phi) is 4.81. The summed E-state index contributed by atoms with van der Waals surface area (Å²) in [6, 6.07) is 8.02. The molecule has 0 fully saturated rings. The number of anilines is 1. The summed E-state index contributed by atoms with van der Waals surface area (Å²) in [5, 5.41) is 7.88. The molecule has 0 amide bonds. The van der Waals surface area contributed by atoms with Gasteiger partial charge < -0.3 is 9.64 Å². The van der Waals surface area contributed by atoms with E-state index in [9.17, 15) is 4.79 Å². The smallest absolute Gasteiger partial charge is 0.335 e. The van der Waals surface area contributed by atoms with Gasteiger partial charge in [-0.3, -0.25) is 10.7 Å². The van der Waals surface area contributed by atoms with Crippen LogP contribution in [-0.4, -0.2) is 38.5 Å². The van der Waals surface area contributed by atoms with Gasteiger partial charge in [0.15, 0.2) is 0 Å². The molecule has 0 unspecified atom stereocenters. The molecule has 0 radical (unpaired) electrons. The van der Waals surface area contributed by atoms with Crippen LogP contribution in [0.25, 0.3) is 0 Å². The zero-order chi connectivity index (χ0) is 18.1. The fourth-order valence-electron chi connectivity index (χ4n) is 3.63. The summed E-state index contributed by atoms with van der Waals surface area (Å²) in [4.78, 5) is 14.7. The maximum atomic E-state index is 12.7. The maximum absolute atomic E-state index is 12.7. The molecule has 25 heavy (non-hydrogen) atoms. The number of rotatable bonds is 4. The van der Waals surface area contributed by atoms with Crippen LogP contribution in [0.5, 0.6) is 0 Å². The fraction of sp³-hybridized carbons (Fsp3) is 0.474. The first-order valence-corrected chi connectivity index (χ1v) is 8.64. The lowest BCUT2D eigenvalue weighted by molar-refractivity contribution is -0.139. The lowest BCUT2D eigenvalue weighted by Crippen LogP contribution is -2.50. The second-order valence-electron chi connectivity index (χ2n) is 6.74. The van der Waals surface area contributed by atoms with E-state index in [1.165, 1.54) is 0 Å². The Morgan fingerprint density at radius 1 is 1.24 bits per heavy atom. The number of hydrazone groups is 1. The third kappa shape index (κ3) is 3.14. The van der Waals surface area contributed by atoms with Gasteiger partial charge in [0.1, 0.15) is 6.17 Å². The van der Waals surface area contributed by atoms with Crippen LogP contribution in [0.15, 0.2) is 40.5 Å². The van der Waals surface area contributed by atoms with Crippen LogP contribution in [0.1, 0.15) is 32.4 Å². The summed E-state index contributed by atoms with van der Waals surface area (Å²) in [6.07, 6.45) is -0.00305. The molecule has 1 aromatic carbocycles. The zero-order valence-electron chi connectivity index (χ0n) is 15.5. The van der Waals surface area contributed by atoms with E-state index >= 15 is 0 Å². The fourth-order valence-corrected chi connectivity index (χ4v) is 3.63. The van der Waals surface area contributed by atoms with Gasteiger partial charge in [-0.2, -0.15) is 5.10 Å². The first-order chi connectivity index (χ1) is 11.9. The topological polar surface area (TPSA) is 66.0 Å². The molecule has 0 saturated heterocycles. The number of ether oxygens (including phenoxy) is 1. The third-order valence-electron chi connectivity index (χ3n) is 4.93. The molecule has 2 N–H and O–H groups in total. The van der Waals surface area contributed by atoms with Crippen molar-refractivity contribution >= 4 is 17.4 Å². The number of fused-ring (bicyclic) bond motifs is 1. The van der Waals surface area contributed by atoms with E-state index in [2.05, 4.69) is 45.0 Å². The second-order valence-corrected chi connectivity index (χ2v) is 6.74. The van der Waals surface area contributed by atoms with Gasteiger partial charge in [0.05, 0.1) is 24.1 Å². The Bertz CT molecular complexity index is 721. The normalized spacial score (nSPS) is 25.2. The highest BCUT2D eigenvalue weighted by Gasteiger charge is 2.42. The largest absolute Gasteiger partial charge is 0.463 e. The lowest BCUT2D eigenvalue weighted by Gasteiger charge is -2.36. The Morgan fingerprint density at radius 2 is 1.92 bits per heavy atom. The molecule has 134 valence electrons. The van der Waals surface area contributed by atoms with E-state index in [1.807, 2.05) is 34.9 Å². The molecule has 2 heterocycles. The van der Waals surface area contributed by atoms with Crippen molar-refractivity contribution < 1.29 is 9.53 Å². The van der Waals surface area contributed by atoms with Gasteiger partial charge in [0.2, 0.25) is 0 Å². The number of esters is 1. The summed E-state index contributed by atoms with van der Waals surface area (Å²) >= 11 is 0. The van der Waals surface area contributed by atoms with Crippen LogP contribution in [-0.2, 0) is 9.53 Å². The van der Waals surface area contributed by atoms with Gasteiger partial charge in [0, 0.05) is 25.5 Å². The Balaban J connectivity index is 2.02. The van der Waals surface area contributed by atoms with Crippen LogP contribution in [0.4, 0.5) is 5.69 Å². The van der Waals surface area contributed by atoms with Crippen molar-refractivity contribution in [2.24, 2.45) is 11.0 Å². The highest BCUT2D eigenvalue weighted by Crippen LogP contribution is 2.37. The van der Waals surface area contributed by atoms with Crippen LogP contribution in [0, 0.1) is 5.92 Å². The molecule has 3 atom stereocenters. The quantitative estimate of drug-likeness (QED) is 0.821. The molecular formula is C19H26N4O2. The number of hydrogen-bond acceptors (Lipinski definition) is 6. The third-order valence-corrected chi connectivity index (χ3v) is 4.93. The number of benzene rings is 1. The van der Waals surface area contributed by atoms with Crippen molar-refractivity contribution in [1.29, 1.82) is 0 Å². The monoisotopic (exact) mass is 342 g/mol. The molecule has 0 aromatic heterocycles. The van der Waals surface area contributed by atoms with Crippen LogP contribution in [0.2, 0.25) is 0 Å². The molecule has 6 heteroatoms. The minimum Gasteiger partial charge on any atom is -0.463 e. The molecule has 3 rings (SSSR count). The molecular weight excluding hydrogens is 316 g/mol. The predicted molar refractivity (Wildman–Crippen MR) is 99.5 cm³/mol. The molecule has 0 spiro atoms. The number of nitrogens with one attached hydrogen (secondary N) is 2. The molecule has 1 aromatic rings. The number of carbonyl (C=O) groups excluding carboxylic acids is 1. The number of nitrogens with zero attached hydrogens (tertiary/aromatic N) is 2. The van der Waals surface area contributed by atoms with Crippen LogP contribution < -0.4 is 15.6 Å². The summed E-state index contributed by atoms with van der Waals surface area (Å²) < 4.78 is 5.34. The lowest BCUT2D eigenvalue weighted by atomic mass is 9.81. The molecule has 6 nitrogen and oxygen atoms in total. The van der Waals surface area contributed by atoms with Gasteiger partial charge in [-0.25, -0.2) is 4.79 Å². The van der Waals surface area contributed by atoms with Crippen molar-refractivity contribution in [3.05, 3.63) is 41.0 Å². The number of hydrogen-bond donors (Lipinski definition) is 2. The number of carbonyl (C=O) groups is 1. The molecule has 0 bridgehead atoms. The van der Waals surface area contributed by atoms with E-state index in [0.29, 0.717) is 12.2 Å². The Labute approximate surface area is 148 Å². The van der Waals surface area contributed by atoms with Crippen molar-refractivity contribution in [2.75, 3.05) is 25.6 Å². The SMILES string of the molecule is CCOC(=O)C1=C(C)[C@H]2C(C)=NN[C@H]2N[C@@H]1c1ccc(N(C)C)cc1. The highest BCUT2D eigenvalue weighted by atomic mass is 16.5. The molecule has 2 aliphatic rings. The van der Waals surface area contributed by atoms with E-state index < -0.39 is 0 Å². The molecule has 0 aliphatic carbocycles. The maximum Gasteiger partial charge on any atom is 0.335 e. The summed E-state index contributed by atoms with van der Waals surface area (Å²) in [5.74, 6) is -0.177. The van der Waals surface area contributed by atoms with E-state index in [-0.39, 0.29) is 24.1 Å². The minimum atomic E-state index is -0.257. The average molecular weight is 342 g/mol. The van der Waals surface area contributed by atoms with Crippen molar-refractivity contribution in [1.82, 2.24) is 10.7 Å². The Morgan fingerprint density at radius 3 is 2.52 bits per heavy atom. The first-order valence-electron chi connectivity index (χ1n) is 8.64. The average Bonchev–Trinajstić information content (AvgIpc) is 2.96. The van der Waals surface area contributed by atoms with E-state index in [4.69, 9.17) is 4.74 Å². The summed E-state index contributed by atoms with van der Waals surface area (Å²) in [5.41, 5.74) is 8.00. The summed E-state index contributed by atoms with van der Waals surface area (Å²) in [6.45, 7) is 6.19. The molecule has 2 aliphatic heterocycles. The van der Waals surface area contributed by atoms with Gasteiger partial charge in [-0.1, -0.05) is 12.1 Å². The first kappa shape index (κ1) is 17.5. The van der Waals surface area contributed by atoms with Gasteiger partial charge in [-0.15, -0.1) is 0 Å². The minimum absolute atomic E-state index is 0.00305. The van der Waals surface area contributed by atoms with Gasteiger partial charge in [0.25, 0.3) is 0 Å². The molecule has 0 saturated carbocycles. The van der Waals surface area contributed by atoms with E-state index in [0.717, 1.165) is 22.5 Å². The highest BCUT2D eigenvalue weighted by molar-refractivity contribution is 5.96. The standard InChI is InChI=1S/C19H26N4O2/c1-6-25-19(24)16-11(2)15-12(3)21-22-18(15)20-17(16)13-7-9-14(10-8-13)23(4)5/h7-10,15,17-18,20,22H,6H2,1-5H3/t15-,17+,18+/m0/s1. The van der Waals surface area contributed by atoms with Crippen LogP contribution in [0.3, 0.4) is 0 Å². The van der Waals surface area contributed by atoms with Gasteiger partial charge in [-0.05, 0) is 44.0 Å². The van der Waals surface area contributed by atoms with Crippen molar-refractivity contribution in [3.8, 4) is 0 Å². The predicted octanol–water partition coefficient (Wildman–Crippen LogP) is 2.20. The Hall–Kier alpha value is -2.34.